The molecule has 0 atom stereocenters. The summed E-state index contributed by atoms with van der Waals surface area (Å²) in [6.45, 7) is 6.72. The van der Waals surface area contributed by atoms with Gasteiger partial charge in [0.15, 0.2) is 0 Å². The van der Waals surface area contributed by atoms with Crippen LogP contribution < -0.4 is 0 Å². The van der Waals surface area contributed by atoms with E-state index in [-0.39, 0.29) is 0 Å². The molecule has 37 valence electrons. The Morgan fingerprint density at radius 3 is 1.71 bits per heavy atom. The Kier molecular flexibility index (Phi) is 2.70. The summed E-state index contributed by atoms with van der Waals surface area (Å²) < 4.78 is 2.92. The number of hydrogen-bond donors (Lipinski definition) is 0. The van der Waals surface area contributed by atoms with Gasteiger partial charge < -0.3 is 0 Å². The zero-order valence-electron chi connectivity index (χ0n) is 5.00. The van der Waals surface area contributed by atoms with Crippen LogP contribution in [-0.2, 0) is 0 Å². The minimum absolute atomic E-state index is 1.02. The standard InChI is InChI=1S/C5H9GeSi/c1-7(2,3)5-4-6/h1-3H3. The molecule has 0 spiro atoms. The molecule has 0 rings (SSSR count). The van der Waals surface area contributed by atoms with Crippen molar-refractivity contribution in [3.05, 3.63) is 0 Å². The molecular formula is C5H9GeSi. The van der Waals surface area contributed by atoms with Gasteiger partial charge >= 0.3 is 54.5 Å². The molecule has 0 saturated heterocycles. The summed E-state index contributed by atoms with van der Waals surface area (Å²) in [5.41, 5.74) is 3.17. The molecule has 7 heavy (non-hydrogen) atoms. The first-order chi connectivity index (χ1) is 3.06. The molecule has 3 radical (unpaired) electrons. The zero-order chi connectivity index (χ0) is 5.91. The second kappa shape index (κ2) is 2.58. The summed E-state index contributed by atoms with van der Waals surface area (Å²) in [5, 5.41) is 0. The SMILES string of the molecule is C[Si](C)(C)C#[C][Ge]. The second-order valence-corrected chi connectivity index (χ2v) is 7.77. The van der Waals surface area contributed by atoms with Crippen LogP contribution in [0.5, 0.6) is 0 Å². The van der Waals surface area contributed by atoms with E-state index in [1.54, 1.807) is 0 Å². The first-order valence-electron chi connectivity index (χ1n) is 2.25. The fourth-order valence-electron chi connectivity index (χ4n) is 0.188. The van der Waals surface area contributed by atoms with Gasteiger partial charge in [-0.05, 0) is 0 Å². The molecule has 0 bridgehead atoms. The Labute approximate surface area is 54.9 Å². The van der Waals surface area contributed by atoms with Crippen LogP contribution >= 0.6 is 0 Å². The van der Waals surface area contributed by atoms with E-state index >= 15 is 0 Å². The Hall–Kier alpha value is 0.320. The van der Waals surface area contributed by atoms with Crippen molar-refractivity contribution in [2.24, 2.45) is 0 Å². The maximum absolute atomic E-state index is 3.17. The summed E-state index contributed by atoms with van der Waals surface area (Å²) in [5.74, 6) is 0. The molecule has 0 aromatic rings. The van der Waals surface area contributed by atoms with E-state index in [2.05, 4.69) is 29.9 Å². The predicted octanol–water partition coefficient (Wildman–Crippen LogP) is 0.993. The van der Waals surface area contributed by atoms with Crippen LogP contribution in [0.15, 0.2) is 0 Å². The van der Waals surface area contributed by atoms with Crippen molar-refractivity contribution in [2.45, 2.75) is 19.6 Å². The van der Waals surface area contributed by atoms with E-state index in [0.717, 1.165) is 0 Å². The Morgan fingerprint density at radius 1 is 1.29 bits per heavy atom. The first-order valence-corrected chi connectivity index (χ1v) is 6.80. The fraction of sp³-hybridized carbons (Fsp3) is 0.600. The third-order valence-corrected chi connectivity index (χ3v) is 2.10. The Morgan fingerprint density at radius 2 is 1.71 bits per heavy atom. The van der Waals surface area contributed by atoms with Crippen LogP contribution in [0, 0.1) is 10.3 Å². The maximum atomic E-state index is 3.17. The van der Waals surface area contributed by atoms with E-state index in [9.17, 15) is 0 Å². The van der Waals surface area contributed by atoms with Gasteiger partial charge in [-0.25, -0.2) is 0 Å². The quantitative estimate of drug-likeness (QED) is 0.375. The van der Waals surface area contributed by atoms with Crippen molar-refractivity contribution in [1.29, 1.82) is 0 Å². The molecule has 2 heteroatoms. The van der Waals surface area contributed by atoms with E-state index in [1.807, 2.05) is 16.5 Å². The van der Waals surface area contributed by atoms with Gasteiger partial charge in [-0.3, -0.25) is 0 Å². The molecule has 0 aromatic heterocycles. The number of rotatable bonds is 0. The summed E-state index contributed by atoms with van der Waals surface area (Å²) in [4.78, 5) is 0. The van der Waals surface area contributed by atoms with Crippen LogP contribution in [0.3, 0.4) is 0 Å². The third-order valence-electron chi connectivity index (χ3n) is 0.438. The summed E-state index contributed by atoms with van der Waals surface area (Å²) in [7, 11) is -1.02. The molecule has 0 nitrogen and oxygen atoms in total. The van der Waals surface area contributed by atoms with Crippen molar-refractivity contribution < 1.29 is 0 Å². The van der Waals surface area contributed by atoms with Crippen molar-refractivity contribution >= 4 is 24.6 Å². The van der Waals surface area contributed by atoms with Crippen LogP contribution in [0.2, 0.25) is 19.6 Å². The van der Waals surface area contributed by atoms with E-state index < -0.39 is 8.07 Å². The summed E-state index contributed by atoms with van der Waals surface area (Å²) in [6.07, 6.45) is 0. The van der Waals surface area contributed by atoms with Gasteiger partial charge in [0, 0.05) is 0 Å². The third kappa shape index (κ3) is 6.32. The monoisotopic (exact) mass is 171 g/mol. The average Bonchev–Trinajstić information content (AvgIpc) is 1.30. The number of hydrogen-bond acceptors (Lipinski definition) is 0. The topological polar surface area (TPSA) is 0 Å². The minimum atomic E-state index is -1.02. The van der Waals surface area contributed by atoms with E-state index in [0.29, 0.717) is 0 Å². The molecule has 0 saturated carbocycles. The molecule has 0 aliphatic rings. The van der Waals surface area contributed by atoms with Gasteiger partial charge in [-0.1, -0.05) is 0 Å². The molecule has 0 aliphatic carbocycles. The van der Waals surface area contributed by atoms with Crippen LogP contribution in [0.25, 0.3) is 0 Å². The Bertz CT molecular complexity index is 101. The van der Waals surface area contributed by atoms with Gasteiger partial charge in [0.05, 0.1) is 0 Å². The van der Waals surface area contributed by atoms with Gasteiger partial charge in [0.2, 0.25) is 0 Å². The van der Waals surface area contributed by atoms with Gasteiger partial charge in [-0.15, -0.1) is 0 Å². The van der Waals surface area contributed by atoms with E-state index in [4.69, 9.17) is 0 Å². The van der Waals surface area contributed by atoms with Crippen molar-refractivity contribution in [1.82, 2.24) is 0 Å². The van der Waals surface area contributed by atoms with Gasteiger partial charge in [0.25, 0.3) is 0 Å². The van der Waals surface area contributed by atoms with Crippen LogP contribution in [0.1, 0.15) is 0 Å². The van der Waals surface area contributed by atoms with Crippen molar-refractivity contribution in [3.8, 4) is 10.3 Å². The normalized spacial score (nSPS) is 9.71. The molecule has 0 unspecified atom stereocenters. The molecule has 0 aromatic carbocycles. The van der Waals surface area contributed by atoms with Crippen LogP contribution in [-0.4, -0.2) is 24.6 Å². The molecular weight excluding hydrogens is 161 g/mol. The van der Waals surface area contributed by atoms with Gasteiger partial charge in [-0.2, -0.15) is 0 Å². The van der Waals surface area contributed by atoms with Crippen molar-refractivity contribution in [3.63, 3.8) is 0 Å². The first kappa shape index (κ1) is 7.32. The molecule has 0 N–H and O–H groups in total. The molecule has 0 aliphatic heterocycles. The second-order valence-electron chi connectivity index (χ2n) is 2.50. The summed E-state index contributed by atoms with van der Waals surface area (Å²) >= 11 is 1.90. The predicted molar refractivity (Wildman–Crippen MR) is 36.9 cm³/mol. The molecule has 0 heterocycles. The van der Waals surface area contributed by atoms with Gasteiger partial charge in [0.1, 0.15) is 0 Å². The van der Waals surface area contributed by atoms with Crippen molar-refractivity contribution in [2.75, 3.05) is 0 Å². The average molecular weight is 170 g/mol. The summed E-state index contributed by atoms with van der Waals surface area (Å²) in [6, 6.07) is 0. The van der Waals surface area contributed by atoms with Crippen LogP contribution in [0.4, 0.5) is 0 Å². The van der Waals surface area contributed by atoms with E-state index in [1.165, 1.54) is 0 Å². The molecule has 0 fully saturated rings. The fourth-order valence-corrected chi connectivity index (χ4v) is 2.92. The molecule has 0 amide bonds. The Balaban J connectivity index is 3.72. The zero-order valence-corrected chi connectivity index (χ0v) is 8.10.